The number of hydrogen-bond acceptors (Lipinski definition) is 7. The molecular weight excluding hydrogens is 583 g/mol. The number of hydrogen-bond donors (Lipinski definition) is 2. The molecule has 2 N–H and O–H groups in total. The molecule has 0 aliphatic carbocycles. The van der Waals surface area contributed by atoms with Crippen LogP contribution in [-0.2, 0) is 11.8 Å². The summed E-state index contributed by atoms with van der Waals surface area (Å²) in [7, 11) is 7.34. The molecule has 0 saturated carbocycles. The highest BCUT2D eigenvalue weighted by atomic mass is 35.5. The lowest BCUT2D eigenvalue weighted by Crippen LogP contribution is -2.29. The number of anilines is 4. The fourth-order valence-electron chi connectivity index (χ4n) is 4.36. The van der Waals surface area contributed by atoms with Gasteiger partial charge < -0.3 is 29.7 Å². The minimum absolute atomic E-state index is 0.0306. The van der Waals surface area contributed by atoms with Crippen molar-refractivity contribution in [3.05, 3.63) is 78.6 Å². The highest BCUT2D eigenvalue weighted by Gasteiger charge is 2.33. The number of aryl methyl sites for hydroxylation is 1. The van der Waals surface area contributed by atoms with E-state index in [-0.39, 0.29) is 22.3 Å². The van der Waals surface area contributed by atoms with Crippen molar-refractivity contribution in [3.63, 3.8) is 0 Å². The molecule has 43 heavy (non-hydrogen) atoms. The van der Waals surface area contributed by atoms with Crippen LogP contribution in [0.5, 0.6) is 5.75 Å². The third kappa shape index (κ3) is 7.85. The lowest BCUT2D eigenvalue weighted by molar-refractivity contribution is -0.274. The zero-order valence-electron chi connectivity index (χ0n) is 24.0. The van der Waals surface area contributed by atoms with Crippen molar-refractivity contribution in [2.24, 2.45) is 7.05 Å². The van der Waals surface area contributed by atoms with Crippen LogP contribution < -0.4 is 20.3 Å². The normalized spacial score (nSPS) is 11.7. The molecule has 2 aromatic heterocycles. The molecule has 0 unspecified atom stereocenters. The van der Waals surface area contributed by atoms with E-state index in [2.05, 4.69) is 31.9 Å². The molecule has 0 fully saturated rings. The maximum absolute atomic E-state index is 13.6. The maximum Gasteiger partial charge on any atom is 0.573 e. The number of halogens is 4. The summed E-state index contributed by atoms with van der Waals surface area (Å²) in [6.07, 6.45) is 2.36. The van der Waals surface area contributed by atoms with Crippen molar-refractivity contribution in [1.29, 1.82) is 0 Å². The second-order valence-corrected chi connectivity index (χ2v) is 10.3. The Morgan fingerprint density at radius 1 is 1.16 bits per heavy atom. The number of fused-ring (bicyclic) bond motifs is 1. The Labute approximate surface area is 252 Å². The van der Waals surface area contributed by atoms with Gasteiger partial charge in [-0.25, -0.2) is 9.97 Å². The van der Waals surface area contributed by atoms with E-state index in [1.54, 1.807) is 11.9 Å². The minimum Gasteiger partial charge on any atom is -0.403 e. The van der Waals surface area contributed by atoms with Crippen LogP contribution in [0.3, 0.4) is 0 Å². The number of ether oxygens (including phenoxy) is 1. The zero-order chi connectivity index (χ0) is 31.3. The standard InChI is InChI=1S/C30H31ClF3N7O2/c1-6-7-12-27(42)36-22-15-23(26(43-30(32,33)34)16-25(22)40(4)14-13-39(2)3)37-29-35-17-21(31)28(38-29)20-18-41(5)24-11-9-8-10-19(20)24/h6-12,15-18H,1,13-14H2,2-5H3,(H,36,42)(H,35,37,38)/b12-7-. The molecule has 0 bridgehead atoms. The van der Waals surface area contributed by atoms with Crippen molar-refractivity contribution in [1.82, 2.24) is 19.4 Å². The third-order valence-electron chi connectivity index (χ3n) is 6.40. The Balaban J connectivity index is 1.81. The van der Waals surface area contributed by atoms with Crippen LogP contribution >= 0.6 is 11.6 Å². The zero-order valence-corrected chi connectivity index (χ0v) is 24.8. The number of rotatable bonds is 11. The van der Waals surface area contributed by atoms with Gasteiger partial charge in [-0.3, -0.25) is 4.79 Å². The van der Waals surface area contributed by atoms with E-state index in [1.165, 1.54) is 36.6 Å². The summed E-state index contributed by atoms with van der Waals surface area (Å²) < 4.78 is 47.1. The van der Waals surface area contributed by atoms with Gasteiger partial charge in [-0.2, -0.15) is 0 Å². The predicted octanol–water partition coefficient (Wildman–Crippen LogP) is 6.61. The number of likely N-dealkylation sites (N-methyl/N-ethyl adjacent to an activating group) is 2. The van der Waals surface area contributed by atoms with Crippen molar-refractivity contribution in [2.45, 2.75) is 6.36 Å². The lowest BCUT2D eigenvalue weighted by atomic mass is 10.1. The molecule has 13 heteroatoms. The smallest absolute Gasteiger partial charge is 0.403 e. The summed E-state index contributed by atoms with van der Waals surface area (Å²) in [6, 6.07) is 10.2. The molecule has 0 saturated heterocycles. The van der Waals surface area contributed by atoms with Gasteiger partial charge in [0.15, 0.2) is 5.75 Å². The Morgan fingerprint density at radius 2 is 1.91 bits per heavy atom. The van der Waals surface area contributed by atoms with Gasteiger partial charge >= 0.3 is 6.36 Å². The number of nitrogens with one attached hydrogen (secondary N) is 2. The first-order valence-electron chi connectivity index (χ1n) is 13.1. The van der Waals surface area contributed by atoms with Gasteiger partial charge in [0.05, 0.1) is 34.0 Å². The number of alkyl halides is 3. The van der Waals surface area contributed by atoms with E-state index in [4.69, 9.17) is 11.6 Å². The first kappa shape index (κ1) is 31.4. The summed E-state index contributed by atoms with van der Waals surface area (Å²) in [4.78, 5) is 25.0. The SMILES string of the molecule is C=C/C=C\C(=O)Nc1cc(Nc2ncc(Cl)c(-c3cn(C)c4ccccc34)n2)c(OC(F)(F)F)cc1N(C)CCN(C)C. The van der Waals surface area contributed by atoms with Crippen LogP contribution in [-0.4, -0.2) is 65.9 Å². The van der Waals surface area contributed by atoms with Crippen LogP contribution in [0, 0.1) is 0 Å². The Kier molecular flexibility index (Phi) is 9.62. The van der Waals surface area contributed by atoms with Crippen LogP contribution in [0.2, 0.25) is 5.02 Å². The maximum atomic E-state index is 13.6. The molecule has 226 valence electrons. The predicted molar refractivity (Wildman–Crippen MR) is 165 cm³/mol. The van der Waals surface area contributed by atoms with Crippen LogP contribution in [0.4, 0.5) is 36.2 Å². The number of aromatic nitrogens is 3. The first-order chi connectivity index (χ1) is 20.4. The highest BCUT2D eigenvalue weighted by molar-refractivity contribution is 6.33. The first-order valence-corrected chi connectivity index (χ1v) is 13.5. The molecule has 4 aromatic rings. The second kappa shape index (κ2) is 13.2. The van der Waals surface area contributed by atoms with E-state index in [9.17, 15) is 18.0 Å². The van der Waals surface area contributed by atoms with Gasteiger partial charge in [0, 0.05) is 62.0 Å². The van der Waals surface area contributed by atoms with Crippen molar-refractivity contribution < 1.29 is 22.7 Å². The average Bonchev–Trinajstić information content (AvgIpc) is 3.28. The largest absolute Gasteiger partial charge is 0.573 e. The molecule has 4 rings (SSSR count). The Bertz CT molecular complexity index is 1670. The number of carbonyl (C=O) groups excluding carboxylic acids is 1. The van der Waals surface area contributed by atoms with E-state index < -0.39 is 18.0 Å². The molecule has 0 aliphatic rings. The highest BCUT2D eigenvalue weighted by Crippen LogP contribution is 2.41. The van der Waals surface area contributed by atoms with E-state index in [0.717, 1.165) is 16.5 Å². The number of amides is 1. The molecule has 0 spiro atoms. The van der Waals surface area contributed by atoms with E-state index in [1.807, 2.05) is 61.1 Å². The van der Waals surface area contributed by atoms with Gasteiger partial charge in [0.2, 0.25) is 11.9 Å². The fourth-order valence-corrected chi connectivity index (χ4v) is 4.55. The number of allylic oxidation sites excluding steroid dienone is 2. The lowest BCUT2D eigenvalue weighted by Gasteiger charge is -2.26. The molecule has 2 heterocycles. The van der Waals surface area contributed by atoms with E-state index in [0.29, 0.717) is 24.5 Å². The number of nitrogens with zero attached hydrogens (tertiary/aromatic N) is 5. The van der Waals surface area contributed by atoms with Gasteiger partial charge in [0.25, 0.3) is 0 Å². The number of para-hydroxylation sites is 1. The van der Waals surface area contributed by atoms with Gasteiger partial charge in [-0.05, 0) is 26.2 Å². The molecular formula is C30H31ClF3N7O2. The van der Waals surface area contributed by atoms with Crippen molar-refractivity contribution in [3.8, 4) is 17.0 Å². The van der Waals surface area contributed by atoms with E-state index >= 15 is 0 Å². The molecule has 0 radical (unpaired) electrons. The topological polar surface area (TPSA) is 87.5 Å². The quantitative estimate of drug-likeness (QED) is 0.145. The molecule has 9 nitrogen and oxygen atoms in total. The Morgan fingerprint density at radius 3 is 2.60 bits per heavy atom. The summed E-state index contributed by atoms with van der Waals surface area (Å²) in [5.74, 6) is -1.07. The fraction of sp³-hybridized carbons (Fsp3) is 0.233. The number of benzene rings is 2. The summed E-state index contributed by atoms with van der Waals surface area (Å²) in [5, 5.41) is 6.71. The third-order valence-corrected chi connectivity index (χ3v) is 6.68. The number of carbonyl (C=O) groups is 1. The Hall–Kier alpha value is -4.55. The molecule has 1 amide bonds. The van der Waals surface area contributed by atoms with Crippen LogP contribution in [0.1, 0.15) is 0 Å². The van der Waals surface area contributed by atoms with Crippen LogP contribution in [0.25, 0.3) is 22.2 Å². The molecule has 0 atom stereocenters. The molecule has 0 aliphatic heterocycles. The van der Waals surface area contributed by atoms with Gasteiger partial charge in [0.1, 0.15) is 0 Å². The molecule has 2 aromatic carbocycles. The van der Waals surface area contributed by atoms with Crippen molar-refractivity contribution in [2.75, 3.05) is 49.8 Å². The van der Waals surface area contributed by atoms with Crippen LogP contribution in [0.15, 0.2) is 73.6 Å². The minimum atomic E-state index is -5.00. The van der Waals surface area contributed by atoms with Gasteiger partial charge in [-0.1, -0.05) is 48.5 Å². The monoisotopic (exact) mass is 613 g/mol. The summed E-state index contributed by atoms with van der Waals surface area (Å²) in [5.41, 5.74) is 2.47. The summed E-state index contributed by atoms with van der Waals surface area (Å²) >= 11 is 6.49. The van der Waals surface area contributed by atoms with Gasteiger partial charge in [-0.15, -0.1) is 13.2 Å². The summed E-state index contributed by atoms with van der Waals surface area (Å²) in [6.45, 7) is 4.60. The van der Waals surface area contributed by atoms with Crippen molar-refractivity contribution >= 4 is 51.4 Å². The average molecular weight is 614 g/mol. The second-order valence-electron chi connectivity index (χ2n) is 9.91.